The fourth-order valence-corrected chi connectivity index (χ4v) is 2.46. The molecule has 110 valence electrons. The van der Waals surface area contributed by atoms with Gasteiger partial charge in [0.05, 0.1) is 17.1 Å². The van der Waals surface area contributed by atoms with Gasteiger partial charge in [0.15, 0.2) is 0 Å². The Bertz CT molecular complexity index is 738. The van der Waals surface area contributed by atoms with Crippen LogP contribution in [0.2, 0.25) is 0 Å². The number of nitrogens with zero attached hydrogens (tertiary/aromatic N) is 3. The lowest BCUT2D eigenvalue weighted by molar-refractivity contribution is -0.118. The lowest BCUT2D eigenvalue weighted by atomic mass is 10.1. The zero-order valence-electron chi connectivity index (χ0n) is 12.0. The van der Waals surface area contributed by atoms with Crippen LogP contribution in [-0.2, 0) is 4.79 Å². The third kappa shape index (κ3) is 2.99. The standard InChI is InChI=1S/C17H14BrN3O/c1-12-16(11-19-14-5-3-2-4-6-14)17(22)21(20-12)15-9-7-13(18)8-10-15/h2-11,16H,1H3. The number of hydrazone groups is 1. The van der Waals surface area contributed by atoms with E-state index in [0.717, 1.165) is 21.6 Å². The molecule has 5 heteroatoms. The monoisotopic (exact) mass is 355 g/mol. The van der Waals surface area contributed by atoms with Gasteiger partial charge in [0.25, 0.3) is 5.91 Å². The Balaban J connectivity index is 1.81. The predicted molar refractivity (Wildman–Crippen MR) is 92.8 cm³/mol. The van der Waals surface area contributed by atoms with E-state index in [1.165, 1.54) is 5.01 Å². The zero-order chi connectivity index (χ0) is 15.5. The Morgan fingerprint density at radius 2 is 1.82 bits per heavy atom. The Morgan fingerprint density at radius 1 is 1.14 bits per heavy atom. The first-order valence-corrected chi connectivity index (χ1v) is 7.68. The molecule has 0 aromatic heterocycles. The normalized spacial score (nSPS) is 18.1. The number of carbonyl (C=O) groups is 1. The highest BCUT2D eigenvalue weighted by Gasteiger charge is 2.33. The van der Waals surface area contributed by atoms with Crippen molar-refractivity contribution in [2.24, 2.45) is 16.0 Å². The molecule has 2 aromatic rings. The minimum atomic E-state index is -0.413. The van der Waals surface area contributed by atoms with Crippen molar-refractivity contribution in [3.05, 3.63) is 59.1 Å². The third-order valence-corrected chi connectivity index (χ3v) is 3.91. The van der Waals surface area contributed by atoms with E-state index >= 15 is 0 Å². The van der Waals surface area contributed by atoms with E-state index in [1.54, 1.807) is 6.21 Å². The summed E-state index contributed by atoms with van der Waals surface area (Å²) in [4.78, 5) is 16.9. The van der Waals surface area contributed by atoms with Crippen molar-refractivity contribution in [1.82, 2.24) is 0 Å². The molecule has 2 aromatic carbocycles. The Labute approximate surface area is 137 Å². The summed E-state index contributed by atoms with van der Waals surface area (Å²) in [5.41, 5.74) is 2.32. The van der Waals surface area contributed by atoms with Crippen LogP contribution in [0.3, 0.4) is 0 Å². The van der Waals surface area contributed by atoms with Gasteiger partial charge in [0.1, 0.15) is 5.92 Å². The number of rotatable bonds is 3. The van der Waals surface area contributed by atoms with Crippen LogP contribution in [0, 0.1) is 5.92 Å². The van der Waals surface area contributed by atoms with Crippen molar-refractivity contribution in [3.8, 4) is 0 Å². The largest absolute Gasteiger partial charge is 0.271 e. The predicted octanol–water partition coefficient (Wildman–Crippen LogP) is 4.19. The highest BCUT2D eigenvalue weighted by Crippen LogP contribution is 2.25. The molecule has 0 radical (unpaired) electrons. The number of aliphatic imine (C=N–C) groups is 1. The quantitative estimate of drug-likeness (QED) is 0.761. The number of benzene rings is 2. The van der Waals surface area contributed by atoms with Crippen molar-refractivity contribution in [3.63, 3.8) is 0 Å². The fourth-order valence-electron chi connectivity index (χ4n) is 2.19. The molecule has 1 atom stereocenters. The molecule has 1 aliphatic rings. The molecular formula is C17H14BrN3O. The SMILES string of the molecule is CC1=NN(c2ccc(Br)cc2)C(=O)C1C=Nc1ccccc1. The molecule has 4 nitrogen and oxygen atoms in total. The van der Waals surface area contributed by atoms with Gasteiger partial charge in [-0.1, -0.05) is 34.1 Å². The maximum absolute atomic E-state index is 12.5. The number of halogens is 1. The van der Waals surface area contributed by atoms with E-state index in [4.69, 9.17) is 0 Å². The van der Waals surface area contributed by atoms with Gasteiger partial charge in [-0.05, 0) is 43.3 Å². The van der Waals surface area contributed by atoms with E-state index in [0.29, 0.717) is 0 Å². The van der Waals surface area contributed by atoms with Crippen LogP contribution in [-0.4, -0.2) is 17.8 Å². The molecule has 22 heavy (non-hydrogen) atoms. The van der Waals surface area contributed by atoms with E-state index in [-0.39, 0.29) is 5.91 Å². The van der Waals surface area contributed by atoms with E-state index < -0.39 is 5.92 Å². The Kier molecular flexibility index (Phi) is 4.15. The maximum Gasteiger partial charge on any atom is 0.261 e. The molecule has 0 saturated carbocycles. The van der Waals surface area contributed by atoms with Gasteiger partial charge in [-0.15, -0.1) is 0 Å². The van der Waals surface area contributed by atoms with Crippen LogP contribution in [0.25, 0.3) is 0 Å². The topological polar surface area (TPSA) is 45.0 Å². The molecule has 0 spiro atoms. The molecule has 1 amide bonds. The first-order chi connectivity index (χ1) is 10.6. The number of para-hydroxylation sites is 1. The Morgan fingerprint density at radius 3 is 2.50 bits per heavy atom. The lowest BCUT2D eigenvalue weighted by Crippen LogP contribution is -2.27. The summed E-state index contributed by atoms with van der Waals surface area (Å²) in [5.74, 6) is -0.497. The van der Waals surface area contributed by atoms with Crippen molar-refractivity contribution in [2.75, 3.05) is 5.01 Å². The summed E-state index contributed by atoms with van der Waals surface area (Å²) < 4.78 is 0.964. The van der Waals surface area contributed by atoms with E-state index in [9.17, 15) is 4.79 Å². The highest BCUT2D eigenvalue weighted by atomic mass is 79.9. The van der Waals surface area contributed by atoms with Gasteiger partial charge in [0, 0.05) is 10.7 Å². The first-order valence-electron chi connectivity index (χ1n) is 6.89. The number of anilines is 1. The fraction of sp³-hybridized carbons (Fsp3) is 0.118. The molecule has 3 rings (SSSR count). The number of carbonyl (C=O) groups excluding carboxylic acids is 1. The first kappa shape index (κ1) is 14.7. The number of hydrogen-bond acceptors (Lipinski definition) is 3. The van der Waals surface area contributed by atoms with Gasteiger partial charge < -0.3 is 0 Å². The van der Waals surface area contributed by atoms with Crippen LogP contribution < -0.4 is 5.01 Å². The average molecular weight is 356 g/mol. The molecule has 1 heterocycles. The molecule has 1 aliphatic heterocycles. The summed E-state index contributed by atoms with van der Waals surface area (Å²) in [5, 5.41) is 5.79. The third-order valence-electron chi connectivity index (χ3n) is 3.38. The molecular weight excluding hydrogens is 342 g/mol. The molecule has 0 saturated heterocycles. The summed E-state index contributed by atoms with van der Waals surface area (Å²) in [6.07, 6.45) is 1.66. The van der Waals surface area contributed by atoms with E-state index in [1.807, 2.05) is 61.5 Å². The number of amides is 1. The van der Waals surface area contributed by atoms with Gasteiger partial charge >= 0.3 is 0 Å². The molecule has 0 aliphatic carbocycles. The van der Waals surface area contributed by atoms with E-state index in [2.05, 4.69) is 26.0 Å². The van der Waals surface area contributed by atoms with Crippen molar-refractivity contribution in [1.29, 1.82) is 0 Å². The van der Waals surface area contributed by atoms with Crippen molar-refractivity contribution >= 4 is 45.1 Å². The van der Waals surface area contributed by atoms with Crippen molar-refractivity contribution < 1.29 is 4.79 Å². The maximum atomic E-state index is 12.5. The summed E-state index contributed by atoms with van der Waals surface area (Å²) in [6, 6.07) is 17.0. The van der Waals surface area contributed by atoms with Crippen LogP contribution in [0.4, 0.5) is 11.4 Å². The van der Waals surface area contributed by atoms with Gasteiger partial charge in [-0.3, -0.25) is 9.79 Å². The summed E-state index contributed by atoms with van der Waals surface area (Å²) in [6.45, 7) is 1.85. The second kappa shape index (κ2) is 6.23. The molecule has 0 N–H and O–H groups in total. The van der Waals surface area contributed by atoms with Crippen LogP contribution in [0.1, 0.15) is 6.92 Å². The van der Waals surface area contributed by atoms with Gasteiger partial charge in [-0.25, -0.2) is 0 Å². The van der Waals surface area contributed by atoms with Gasteiger partial charge in [0.2, 0.25) is 0 Å². The molecule has 0 bridgehead atoms. The average Bonchev–Trinajstić information content (AvgIpc) is 2.82. The van der Waals surface area contributed by atoms with Crippen LogP contribution >= 0.6 is 15.9 Å². The minimum absolute atomic E-state index is 0.0838. The number of hydrogen-bond donors (Lipinski definition) is 0. The van der Waals surface area contributed by atoms with Gasteiger partial charge in [-0.2, -0.15) is 10.1 Å². The minimum Gasteiger partial charge on any atom is -0.271 e. The summed E-state index contributed by atoms with van der Waals surface area (Å²) >= 11 is 3.38. The Hall–Kier alpha value is -2.27. The smallest absolute Gasteiger partial charge is 0.261 e. The second-order valence-electron chi connectivity index (χ2n) is 4.96. The molecule has 0 fully saturated rings. The van der Waals surface area contributed by atoms with Crippen LogP contribution in [0.15, 0.2) is 69.2 Å². The summed E-state index contributed by atoms with van der Waals surface area (Å²) in [7, 11) is 0. The second-order valence-corrected chi connectivity index (χ2v) is 5.87. The van der Waals surface area contributed by atoms with Crippen molar-refractivity contribution in [2.45, 2.75) is 6.92 Å². The van der Waals surface area contributed by atoms with Crippen LogP contribution in [0.5, 0.6) is 0 Å². The highest BCUT2D eigenvalue weighted by molar-refractivity contribution is 9.10. The lowest BCUT2D eigenvalue weighted by Gasteiger charge is -2.12. The molecule has 1 unspecified atom stereocenters. The zero-order valence-corrected chi connectivity index (χ0v) is 13.6.